The first-order valence-electron chi connectivity index (χ1n) is 7.86. The monoisotopic (exact) mass is 374 g/mol. The van der Waals surface area contributed by atoms with Gasteiger partial charge in [-0.2, -0.15) is 0 Å². The average molecular weight is 375 g/mol. The van der Waals surface area contributed by atoms with Crippen LogP contribution in [0.3, 0.4) is 0 Å². The Bertz CT molecular complexity index is 911. The molecule has 0 spiro atoms. The molecule has 0 saturated heterocycles. The lowest BCUT2D eigenvalue weighted by Gasteiger charge is -2.22. The van der Waals surface area contributed by atoms with Gasteiger partial charge < -0.3 is 0 Å². The molecular weight excluding hydrogens is 352 g/mol. The number of aryl methyl sites for hydroxylation is 1. The lowest BCUT2D eigenvalue weighted by atomic mass is 9.91. The van der Waals surface area contributed by atoms with E-state index in [4.69, 9.17) is 15.0 Å². The molecule has 0 aliphatic heterocycles. The molecule has 0 bridgehead atoms. The Kier molecular flexibility index (Phi) is 3.56. The van der Waals surface area contributed by atoms with Gasteiger partial charge >= 0.3 is 0 Å². The highest BCUT2D eigenvalue weighted by Gasteiger charge is 2.25. The molecule has 0 atom stereocenters. The molecule has 0 aliphatic rings. The molecule has 122 valence electrons. The standard InChI is InChI=1S/C18H23BrN4/c1-10-13(19)21-15-11-8-9-12(17(2,3)4)20-14(11)22-16(23(10)15)18(5,6)7/h8-9H,1-7H3. The van der Waals surface area contributed by atoms with Crippen molar-refractivity contribution in [1.29, 1.82) is 0 Å². The van der Waals surface area contributed by atoms with Crippen LogP contribution in [0.2, 0.25) is 0 Å². The maximum absolute atomic E-state index is 4.91. The van der Waals surface area contributed by atoms with E-state index in [2.05, 4.69) is 80.9 Å². The predicted molar refractivity (Wildman–Crippen MR) is 98.1 cm³/mol. The molecule has 3 rings (SSSR count). The van der Waals surface area contributed by atoms with Gasteiger partial charge in [0.1, 0.15) is 10.4 Å². The summed E-state index contributed by atoms with van der Waals surface area (Å²) < 4.78 is 3.00. The molecule has 23 heavy (non-hydrogen) atoms. The molecule has 0 unspecified atom stereocenters. The number of halogens is 1. The Morgan fingerprint density at radius 3 is 2.13 bits per heavy atom. The van der Waals surface area contributed by atoms with Crippen molar-refractivity contribution in [3.63, 3.8) is 0 Å². The van der Waals surface area contributed by atoms with Gasteiger partial charge in [-0.05, 0) is 35.0 Å². The number of pyridine rings is 1. The second kappa shape index (κ2) is 5.00. The SMILES string of the molecule is Cc1c(Br)nc2c3ccc(C(C)(C)C)nc3nc(C(C)(C)C)n12. The summed E-state index contributed by atoms with van der Waals surface area (Å²) >= 11 is 3.56. The Morgan fingerprint density at radius 2 is 1.57 bits per heavy atom. The molecule has 0 saturated carbocycles. The second-order valence-corrected chi connectivity index (χ2v) is 8.90. The van der Waals surface area contributed by atoms with E-state index in [0.29, 0.717) is 0 Å². The van der Waals surface area contributed by atoms with Crippen LogP contribution in [0.5, 0.6) is 0 Å². The van der Waals surface area contributed by atoms with Crippen molar-refractivity contribution in [2.45, 2.75) is 59.3 Å². The zero-order valence-electron chi connectivity index (χ0n) is 14.8. The van der Waals surface area contributed by atoms with E-state index in [1.165, 1.54) is 0 Å². The zero-order valence-corrected chi connectivity index (χ0v) is 16.4. The number of rotatable bonds is 0. The van der Waals surface area contributed by atoms with Gasteiger partial charge in [0, 0.05) is 16.5 Å². The predicted octanol–water partition coefficient (Wildman–Crippen LogP) is 4.94. The molecule has 3 aromatic rings. The van der Waals surface area contributed by atoms with Gasteiger partial charge in [-0.15, -0.1) is 0 Å². The highest BCUT2D eigenvalue weighted by atomic mass is 79.9. The van der Waals surface area contributed by atoms with Crippen molar-refractivity contribution in [3.05, 3.63) is 33.9 Å². The van der Waals surface area contributed by atoms with Gasteiger partial charge in [-0.25, -0.2) is 15.0 Å². The minimum Gasteiger partial charge on any atom is -0.283 e. The van der Waals surface area contributed by atoms with E-state index in [9.17, 15) is 0 Å². The van der Waals surface area contributed by atoms with Gasteiger partial charge in [0.15, 0.2) is 11.3 Å². The van der Waals surface area contributed by atoms with Crippen molar-refractivity contribution in [1.82, 2.24) is 19.4 Å². The summed E-state index contributed by atoms with van der Waals surface area (Å²) in [6.07, 6.45) is 0. The third-order valence-corrected chi connectivity index (χ3v) is 4.78. The minimum absolute atomic E-state index is 0.00415. The van der Waals surface area contributed by atoms with E-state index in [0.717, 1.165) is 38.5 Å². The molecule has 5 heteroatoms. The lowest BCUT2D eigenvalue weighted by Crippen LogP contribution is -2.20. The average Bonchev–Trinajstić information content (AvgIpc) is 2.72. The number of hydrogen-bond acceptors (Lipinski definition) is 3. The number of imidazole rings is 1. The van der Waals surface area contributed by atoms with E-state index >= 15 is 0 Å². The van der Waals surface area contributed by atoms with Crippen LogP contribution >= 0.6 is 15.9 Å². The van der Waals surface area contributed by atoms with Gasteiger partial charge in [0.25, 0.3) is 0 Å². The molecule has 0 N–H and O–H groups in total. The Hall–Kier alpha value is -1.49. The topological polar surface area (TPSA) is 43.1 Å². The first-order chi connectivity index (χ1) is 10.5. The van der Waals surface area contributed by atoms with Crippen molar-refractivity contribution < 1.29 is 0 Å². The summed E-state index contributed by atoms with van der Waals surface area (Å²) in [6, 6.07) is 4.18. The Morgan fingerprint density at radius 1 is 0.913 bits per heavy atom. The summed E-state index contributed by atoms with van der Waals surface area (Å²) in [7, 11) is 0. The van der Waals surface area contributed by atoms with E-state index < -0.39 is 0 Å². The molecule has 0 aliphatic carbocycles. The lowest BCUT2D eigenvalue weighted by molar-refractivity contribution is 0.535. The molecule has 0 aromatic carbocycles. The zero-order chi connectivity index (χ0) is 17.2. The highest BCUT2D eigenvalue weighted by molar-refractivity contribution is 9.10. The number of nitrogens with zero attached hydrogens (tertiary/aromatic N) is 4. The Balaban J connectivity index is 2.48. The van der Waals surface area contributed by atoms with E-state index in [-0.39, 0.29) is 10.8 Å². The maximum atomic E-state index is 4.91. The molecule has 4 nitrogen and oxygen atoms in total. The first kappa shape index (κ1) is 16.4. The van der Waals surface area contributed by atoms with Crippen LogP contribution in [-0.4, -0.2) is 19.4 Å². The molecule has 0 amide bonds. The van der Waals surface area contributed by atoms with Crippen LogP contribution in [0.25, 0.3) is 16.7 Å². The second-order valence-electron chi connectivity index (χ2n) is 8.15. The van der Waals surface area contributed by atoms with Crippen LogP contribution in [0.4, 0.5) is 0 Å². The van der Waals surface area contributed by atoms with Gasteiger partial charge in [0.05, 0.1) is 11.1 Å². The fraction of sp³-hybridized carbons (Fsp3) is 0.500. The van der Waals surface area contributed by atoms with Crippen LogP contribution in [0.1, 0.15) is 58.8 Å². The van der Waals surface area contributed by atoms with Crippen molar-refractivity contribution in [3.8, 4) is 0 Å². The highest BCUT2D eigenvalue weighted by Crippen LogP contribution is 2.31. The molecule has 3 aromatic heterocycles. The van der Waals surface area contributed by atoms with Gasteiger partial charge in [0.2, 0.25) is 0 Å². The van der Waals surface area contributed by atoms with Crippen molar-refractivity contribution in [2.24, 2.45) is 0 Å². The Labute approximate surface area is 145 Å². The first-order valence-corrected chi connectivity index (χ1v) is 8.66. The number of hydrogen-bond donors (Lipinski definition) is 0. The normalized spacial score (nSPS) is 13.2. The van der Waals surface area contributed by atoms with Crippen LogP contribution in [-0.2, 0) is 10.8 Å². The summed E-state index contributed by atoms with van der Waals surface area (Å²) in [5, 5.41) is 0.986. The third-order valence-electron chi connectivity index (χ3n) is 4.03. The van der Waals surface area contributed by atoms with Crippen LogP contribution in [0.15, 0.2) is 16.7 Å². The van der Waals surface area contributed by atoms with Gasteiger partial charge in [-0.1, -0.05) is 41.5 Å². The van der Waals surface area contributed by atoms with E-state index in [1.54, 1.807) is 0 Å². The smallest absolute Gasteiger partial charge is 0.165 e. The largest absolute Gasteiger partial charge is 0.283 e. The summed E-state index contributed by atoms with van der Waals surface area (Å²) in [5.41, 5.74) is 3.69. The van der Waals surface area contributed by atoms with Gasteiger partial charge in [-0.3, -0.25) is 4.40 Å². The van der Waals surface area contributed by atoms with Crippen LogP contribution in [0, 0.1) is 6.92 Å². The molecule has 3 heterocycles. The fourth-order valence-electron chi connectivity index (χ4n) is 2.69. The van der Waals surface area contributed by atoms with Crippen LogP contribution < -0.4 is 0 Å². The maximum Gasteiger partial charge on any atom is 0.165 e. The summed E-state index contributed by atoms with van der Waals surface area (Å²) in [5.74, 6) is 0.981. The van der Waals surface area contributed by atoms with Crippen molar-refractivity contribution in [2.75, 3.05) is 0 Å². The number of fused-ring (bicyclic) bond motifs is 3. The molecule has 0 fully saturated rings. The quantitative estimate of drug-likeness (QED) is 0.559. The van der Waals surface area contributed by atoms with E-state index in [1.807, 2.05) is 0 Å². The fourth-order valence-corrected chi connectivity index (χ4v) is 3.04. The minimum atomic E-state index is -0.100. The summed E-state index contributed by atoms with van der Waals surface area (Å²) in [6.45, 7) is 15.1. The van der Waals surface area contributed by atoms with Crippen molar-refractivity contribution >= 4 is 32.6 Å². The number of aromatic nitrogens is 4. The third kappa shape index (κ3) is 2.65. The summed E-state index contributed by atoms with van der Waals surface area (Å²) in [4.78, 5) is 14.5. The molecule has 0 radical (unpaired) electrons. The molecular formula is C18H23BrN4.